The van der Waals surface area contributed by atoms with E-state index in [1.807, 2.05) is 53.9 Å². The quantitative estimate of drug-likeness (QED) is 0.431. The molecule has 1 amide bonds. The number of rotatable bonds is 9. The highest BCUT2D eigenvalue weighted by Gasteiger charge is 2.07. The molecule has 2 aromatic carbocycles. The van der Waals surface area contributed by atoms with Gasteiger partial charge in [0.2, 0.25) is 5.91 Å². The molecule has 3 aromatic rings. The molecule has 0 aliphatic heterocycles. The summed E-state index contributed by atoms with van der Waals surface area (Å²) in [5, 5.41) is 9.09. The van der Waals surface area contributed by atoms with Crippen LogP contribution in [0.4, 0.5) is 16.5 Å². The van der Waals surface area contributed by atoms with Gasteiger partial charge in [-0.1, -0.05) is 31.9 Å². The molecule has 1 heterocycles. The van der Waals surface area contributed by atoms with Gasteiger partial charge in [-0.2, -0.15) is 0 Å². The number of nitrogens with one attached hydrogen (secondary N) is 2. The van der Waals surface area contributed by atoms with Gasteiger partial charge in [0.15, 0.2) is 5.13 Å². The van der Waals surface area contributed by atoms with E-state index in [0.29, 0.717) is 6.42 Å². The molecule has 0 atom stereocenters. The third-order valence-electron chi connectivity index (χ3n) is 4.32. The van der Waals surface area contributed by atoms with Crippen LogP contribution in [-0.4, -0.2) is 18.0 Å². The van der Waals surface area contributed by atoms with Crippen LogP contribution >= 0.6 is 11.3 Å². The van der Waals surface area contributed by atoms with Crippen molar-refractivity contribution >= 4 is 33.8 Å². The average Bonchev–Trinajstić information content (AvgIpc) is 3.18. The summed E-state index contributed by atoms with van der Waals surface area (Å²) in [5.41, 5.74) is 3.70. The number of amides is 1. The number of carbonyl (C=O) groups is 1. The van der Waals surface area contributed by atoms with E-state index in [2.05, 4.69) is 22.5 Å². The molecule has 6 heteroatoms. The van der Waals surface area contributed by atoms with E-state index >= 15 is 0 Å². The summed E-state index contributed by atoms with van der Waals surface area (Å²) in [6, 6.07) is 15.5. The van der Waals surface area contributed by atoms with Gasteiger partial charge < -0.3 is 15.4 Å². The Morgan fingerprint density at radius 2 is 1.75 bits per heavy atom. The van der Waals surface area contributed by atoms with Gasteiger partial charge in [-0.3, -0.25) is 4.79 Å². The molecule has 0 aliphatic carbocycles. The van der Waals surface area contributed by atoms with Gasteiger partial charge in [-0.15, -0.1) is 11.3 Å². The molecule has 0 saturated carbocycles. The van der Waals surface area contributed by atoms with Crippen LogP contribution in [0.1, 0.15) is 32.6 Å². The maximum Gasteiger partial charge on any atom is 0.224 e. The van der Waals surface area contributed by atoms with Crippen molar-refractivity contribution in [3.63, 3.8) is 0 Å². The van der Waals surface area contributed by atoms with Crippen LogP contribution in [0.2, 0.25) is 0 Å². The summed E-state index contributed by atoms with van der Waals surface area (Å²) >= 11 is 1.55. The van der Waals surface area contributed by atoms with E-state index in [1.54, 1.807) is 18.4 Å². The highest BCUT2D eigenvalue weighted by atomic mass is 32.1. The maximum atomic E-state index is 11.9. The van der Waals surface area contributed by atoms with Crippen molar-refractivity contribution in [2.45, 2.75) is 32.6 Å². The van der Waals surface area contributed by atoms with Crippen LogP contribution in [0.15, 0.2) is 53.9 Å². The first kappa shape index (κ1) is 19.9. The first-order valence-electron chi connectivity index (χ1n) is 9.45. The molecular formula is C22H25N3O2S. The highest BCUT2D eigenvalue weighted by Crippen LogP contribution is 2.28. The Morgan fingerprint density at radius 1 is 1.04 bits per heavy atom. The Labute approximate surface area is 169 Å². The second-order valence-electron chi connectivity index (χ2n) is 6.47. The number of ether oxygens (including phenoxy) is 1. The van der Waals surface area contributed by atoms with Gasteiger partial charge in [0.05, 0.1) is 12.8 Å². The number of methoxy groups -OCH3 is 1. The summed E-state index contributed by atoms with van der Waals surface area (Å²) < 4.78 is 5.17. The van der Waals surface area contributed by atoms with Crippen molar-refractivity contribution in [2.24, 2.45) is 0 Å². The number of thiazole rings is 1. The van der Waals surface area contributed by atoms with Crippen molar-refractivity contribution in [3.05, 3.63) is 53.9 Å². The van der Waals surface area contributed by atoms with E-state index in [9.17, 15) is 4.79 Å². The van der Waals surface area contributed by atoms with Crippen LogP contribution in [0.3, 0.4) is 0 Å². The fraction of sp³-hybridized carbons (Fsp3) is 0.273. The molecule has 146 valence electrons. The molecule has 2 N–H and O–H groups in total. The summed E-state index contributed by atoms with van der Waals surface area (Å²) in [7, 11) is 1.65. The Morgan fingerprint density at radius 3 is 2.43 bits per heavy atom. The van der Waals surface area contributed by atoms with Gasteiger partial charge >= 0.3 is 0 Å². The molecule has 0 aliphatic rings. The largest absolute Gasteiger partial charge is 0.497 e. The predicted octanol–water partition coefficient (Wildman–Crippen LogP) is 6.08. The Balaban J connectivity index is 1.59. The fourth-order valence-corrected chi connectivity index (χ4v) is 3.48. The molecule has 0 radical (unpaired) electrons. The lowest BCUT2D eigenvalue weighted by Gasteiger charge is -2.06. The fourth-order valence-electron chi connectivity index (χ4n) is 2.74. The van der Waals surface area contributed by atoms with E-state index in [1.165, 1.54) is 0 Å². The van der Waals surface area contributed by atoms with Crippen molar-refractivity contribution in [2.75, 3.05) is 17.7 Å². The summed E-state index contributed by atoms with van der Waals surface area (Å²) in [5.74, 6) is 0.892. The number of aromatic nitrogens is 1. The van der Waals surface area contributed by atoms with Gasteiger partial charge in [0, 0.05) is 28.7 Å². The molecule has 0 unspecified atom stereocenters. The minimum absolute atomic E-state index is 0.0702. The smallest absolute Gasteiger partial charge is 0.224 e. The highest BCUT2D eigenvalue weighted by molar-refractivity contribution is 7.14. The number of benzene rings is 2. The van der Waals surface area contributed by atoms with Crippen LogP contribution in [0.25, 0.3) is 11.3 Å². The second-order valence-corrected chi connectivity index (χ2v) is 7.33. The van der Waals surface area contributed by atoms with Crippen molar-refractivity contribution in [1.82, 2.24) is 4.98 Å². The Kier molecular flexibility index (Phi) is 7.03. The van der Waals surface area contributed by atoms with Gasteiger partial charge in [-0.05, 0) is 42.8 Å². The first-order chi connectivity index (χ1) is 13.7. The number of unbranched alkanes of at least 4 members (excludes halogenated alkanes) is 2. The van der Waals surface area contributed by atoms with E-state index in [0.717, 1.165) is 52.8 Å². The second kappa shape index (κ2) is 9.90. The lowest BCUT2D eigenvalue weighted by molar-refractivity contribution is -0.116. The summed E-state index contributed by atoms with van der Waals surface area (Å²) in [6.45, 7) is 2.13. The maximum absolute atomic E-state index is 11.9. The van der Waals surface area contributed by atoms with Gasteiger partial charge in [0.25, 0.3) is 0 Å². The predicted molar refractivity (Wildman–Crippen MR) is 117 cm³/mol. The third kappa shape index (κ3) is 5.57. The van der Waals surface area contributed by atoms with Gasteiger partial charge in [-0.25, -0.2) is 4.98 Å². The monoisotopic (exact) mass is 395 g/mol. The zero-order valence-corrected chi connectivity index (χ0v) is 17.0. The SMILES string of the molecule is CCCCCC(=O)Nc1ccc(-c2csc(Nc3ccc(OC)cc3)n2)cc1. The van der Waals surface area contributed by atoms with Crippen molar-refractivity contribution in [1.29, 1.82) is 0 Å². The molecule has 0 fully saturated rings. The van der Waals surface area contributed by atoms with E-state index in [4.69, 9.17) is 4.74 Å². The number of hydrogen-bond donors (Lipinski definition) is 2. The normalized spacial score (nSPS) is 10.5. The molecule has 5 nitrogen and oxygen atoms in total. The zero-order valence-electron chi connectivity index (χ0n) is 16.2. The van der Waals surface area contributed by atoms with Crippen LogP contribution in [-0.2, 0) is 4.79 Å². The van der Waals surface area contributed by atoms with Crippen LogP contribution in [0, 0.1) is 0 Å². The van der Waals surface area contributed by atoms with Crippen molar-refractivity contribution < 1.29 is 9.53 Å². The molecule has 28 heavy (non-hydrogen) atoms. The first-order valence-corrected chi connectivity index (χ1v) is 10.3. The van der Waals surface area contributed by atoms with Crippen LogP contribution in [0.5, 0.6) is 5.75 Å². The van der Waals surface area contributed by atoms with Gasteiger partial charge in [0.1, 0.15) is 5.75 Å². The summed E-state index contributed by atoms with van der Waals surface area (Å²) in [6.07, 6.45) is 3.71. The molecule has 1 aromatic heterocycles. The van der Waals surface area contributed by atoms with E-state index in [-0.39, 0.29) is 5.91 Å². The topological polar surface area (TPSA) is 63.2 Å². The van der Waals surface area contributed by atoms with Crippen LogP contribution < -0.4 is 15.4 Å². The molecule has 0 bridgehead atoms. The lowest BCUT2D eigenvalue weighted by Crippen LogP contribution is -2.10. The van der Waals surface area contributed by atoms with Crippen molar-refractivity contribution in [3.8, 4) is 17.0 Å². The Hall–Kier alpha value is -2.86. The standard InChI is InChI=1S/C22H25N3O2S/c1-3-4-5-6-21(26)23-17-9-7-16(8-10-17)20-15-28-22(25-20)24-18-11-13-19(27-2)14-12-18/h7-15H,3-6H2,1-2H3,(H,23,26)(H,24,25). The number of hydrogen-bond acceptors (Lipinski definition) is 5. The number of carbonyl (C=O) groups excluding carboxylic acids is 1. The number of anilines is 3. The summed E-state index contributed by atoms with van der Waals surface area (Å²) in [4.78, 5) is 16.6. The molecule has 0 spiro atoms. The number of nitrogens with zero attached hydrogens (tertiary/aromatic N) is 1. The minimum atomic E-state index is 0.0702. The minimum Gasteiger partial charge on any atom is -0.497 e. The van der Waals surface area contributed by atoms with E-state index < -0.39 is 0 Å². The average molecular weight is 396 g/mol. The lowest BCUT2D eigenvalue weighted by atomic mass is 10.1. The molecule has 3 rings (SSSR count). The Bertz CT molecular complexity index is 889. The molecule has 0 saturated heterocycles. The molecular weight excluding hydrogens is 370 g/mol. The third-order valence-corrected chi connectivity index (χ3v) is 5.08. The zero-order chi connectivity index (χ0) is 19.8.